The quantitative estimate of drug-likeness (QED) is 0.493. The molecule has 96 valence electrons. The van der Waals surface area contributed by atoms with Gasteiger partial charge in [-0.15, -0.1) is 6.58 Å². The van der Waals surface area contributed by atoms with E-state index in [0.29, 0.717) is 0 Å². The molecule has 1 atom stereocenters. The minimum absolute atomic E-state index is 0.00713. The van der Waals surface area contributed by atoms with E-state index in [1.165, 1.54) is 0 Å². The van der Waals surface area contributed by atoms with Crippen molar-refractivity contribution in [3.05, 3.63) is 12.7 Å². The molecule has 0 fully saturated rings. The third-order valence-electron chi connectivity index (χ3n) is 2.04. The largest absolute Gasteiger partial charge is 0.411 e. The van der Waals surface area contributed by atoms with Crippen LogP contribution in [0.3, 0.4) is 0 Å². The zero-order valence-corrected chi connectivity index (χ0v) is 9.65. The van der Waals surface area contributed by atoms with Crippen LogP contribution in [0, 0.1) is 0 Å². The second-order valence-electron chi connectivity index (χ2n) is 3.60. The summed E-state index contributed by atoms with van der Waals surface area (Å²) in [6, 6.07) is -0.00713. The molecule has 0 rings (SSSR count). The van der Waals surface area contributed by atoms with Crippen molar-refractivity contribution in [3.63, 3.8) is 0 Å². The molecule has 0 radical (unpaired) electrons. The summed E-state index contributed by atoms with van der Waals surface area (Å²) < 4.78 is 40.1. The van der Waals surface area contributed by atoms with Crippen molar-refractivity contribution in [3.8, 4) is 0 Å². The Morgan fingerprint density at radius 3 is 2.62 bits per heavy atom. The molecule has 0 saturated heterocycles. The van der Waals surface area contributed by atoms with Crippen molar-refractivity contribution in [2.24, 2.45) is 0 Å². The van der Waals surface area contributed by atoms with Gasteiger partial charge in [0.05, 0.1) is 6.61 Å². The van der Waals surface area contributed by atoms with Crippen molar-refractivity contribution in [2.45, 2.75) is 38.4 Å². The topological polar surface area (TPSA) is 21.3 Å². The van der Waals surface area contributed by atoms with Crippen LogP contribution in [0.1, 0.15) is 26.2 Å². The maximum absolute atomic E-state index is 11.8. The van der Waals surface area contributed by atoms with Crippen molar-refractivity contribution in [1.29, 1.82) is 0 Å². The lowest BCUT2D eigenvalue weighted by Gasteiger charge is -2.18. The lowest BCUT2D eigenvalue weighted by molar-refractivity contribution is -0.175. The Morgan fingerprint density at radius 2 is 2.12 bits per heavy atom. The van der Waals surface area contributed by atoms with Crippen molar-refractivity contribution < 1.29 is 17.9 Å². The summed E-state index contributed by atoms with van der Waals surface area (Å²) in [4.78, 5) is 0. The maximum Gasteiger partial charge on any atom is 0.411 e. The molecule has 0 aliphatic rings. The van der Waals surface area contributed by atoms with Crippen LogP contribution in [0.4, 0.5) is 13.2 Å². The van der Waals surface area contributed by atoms with Gasteiger partial charge in [0.15, 0.2) is 0 Å². The smallest absolute Gasteiger partial charge is 0.370 e. The fraction of sp³-hybridized carbons (Fsp3) is 0.818. The number of hydrogen-bond acceptors (Lipinski definition) is 2. The standard InChI is InChI=1S/C11H20F3NO/c1-3-5-6-7-10(15-4-2)8-16-9-11(12,13)14/h3,10,15H,1,4-9H2,2H3. The van der Waals surface area contributed by atoms with Gasteiger partial charge in [0.25, 0.3) is 0 Å². The predicted octanol–water partition coefficient (Wildman–Crippen LogP) is 2.90. The van der Waals surface area contributed by atoms with Crippen molar-refractivity contribution in [1.82, 2.24) is 5.32 Å². The summed E-state index contributed by atoms with van der Waals surface area (Å²) in [5, 5.41) is 3.10. The number of unbranched alkanes of at least 4 members (excludes halogenated alkanes) is 1. The Morgan fingerprint density at radius 1 is 1.44 bits per heavy atom. The lowest BCUT2D eigenvalue weighted by atomic mass is 10.1. The van der Waals surface area contributed by atoms with Crippen molar-refractivity contribution in [2.75, 3.05) is 19.8 Å². The predicted molar refractivity (Wildman–Crippen MR) is 58.4 cm³/mol. The number of alkyl halides is 3. The lowest BCUT2D eigenvalue weighted by Crippen LogP contribution is -2.34. The number of ether oxygens (including phenoxy) is 1. The SMILES string of the molecule is C=CCCCC(COCC(F)(F)F)NCC. The number of allylic oxidation sites excluding steroid dienone is 1. The molecule has 0 aromatic rings. The van der Waals surface area contributed by atoms with Crippen LogP contribution in [0.5, 0.6) is 0 Å². The summed E-state index contributed by atoms with van der Waals surface area (Å²) >= 11 is 0. The molecular weight excluding hydrogens is 219 g/mol. The normalized spacial score (nSPS) is 13.8. The van der Waals surface area contributed by atoms with E-state index in [2.05, 4.69) is 16.6 Å². The molecule has 0 saturated carbocycles. The zero-order chi connectivity index (χ0) is 12.4. The van der Waals surface area contributed by atoms with Gasteiger partial charge in [-0.2, -0.15) is 13.2 Å². The van der Waals surface area contributed by atoms with E-state index < -0.39 is 12.8 Å². The summed E-state index contributed by atoms with van der Waals surface area (Å²) in [5.74, 6) is 0. The number of halogens is 3. The Balaban J connectivity index is 3.71. The zero-order valence-electron chi connectivity index (χ0n) is 9.65. The first-order valence-corrected chi connectivity index (χ1v) is 5.48. The van der Waals surface area contributed by atoms with Gasteiger partial charge >= 0.3 is 6.18 Å². The molecule has 16 heavy (non-hydrogen) atoms. The van der Waals surface area contributed by atoms with E-state index in [1.807, 2.05) is 6.92 Å². The van der Waals surface area contributed by atoms with Gasteiger partial charge in [-0.1, -0.05) is 13.0 Å². The van der Waals surface area contributed by atoms with Crippen LogP contribution >= 0.6 is 0 Å². The Hall–Kier alpha value is -0.550. The van der Waals surface area contributed by atoms with Gasteiger partial charge < -0.3 is 10.1 Å². The second kappa shape index (κ2) is 8.58. The van der Waals surface area contributed by atoms with E-state index in [1.54, 1.807) is 6.08 Å². The van der Waals surface area contributed by atoms with Crippen LogP contribution < -0.4 is 5.32 Å². The molecule has 2 nitrogen and oxygen atoms in total. The molecule has 0 spiro atoms. The molecule has 5 heteroatoms. The fourth-order valence-corrected chi connectivity index (χ4v) is 1.36. The van der Waals surface area contributed by atoms with Crippen molar-refractivity contribution >= 4 is 0 Å². The molecule has 0 aliphatic carbocycles. The molecule has 0 aromatic carbocycles. The highest BCUT2D eigenvalue weighted by Crippen LogP contribution is 2.14. The van der Waals surface area contributed by atoms with Gasteiger partial charge in [0, 0.05) is 6.04 Å². The minimum Gasteiger partial charge on any atom is -0.370 e. The number of likely N-dealkylation sites (N-methyl/N-ethyl adjacent to an activating group) is 1. The van der Waals surface area contributed by atoms with Crippen LogP contribution in [0.15, 0.2) is 12.7 Å². The fourth-order valence-electron chi connectivity index (χ4n) is 1.36. The molecule has 0 aromatic heterocycles. The molecule has 0 amide bonds. The van der Waals surface area contributed by atoms with E-state index in [4.69, 9.17) is 0 Å². The van der Waals surface area contributed by atoms with Gasteiger partial charge in [-0.3, -0.25) is 0 Å². The highest BCUT2D eigenvalue weighted by Gasteiger charge is 2.27. The maximum atomic E-state index is 11.8. The van der Waals surface area contributed by atoms with Gasteiger partial charge in [-0.05, 0) is 25.8 Å². The van der Waals surface area contributed by atoms with Crippen LogP contribution in [-0.4, -0.2) is 32.0 Å². The molecule has 0 bridgehead atoms. The highest BCUT2D eigenvalue weighted by atomic mass is 19.4. The van der Waals surface area contributed by atoms with E-state index >= 15 is 0 Å². The molecule has 1 unspecified atom stereocenters. The molecular formula is C11H20F3NO. The summed E-state index contributed by atoms with van der Waals surface area (Å²) in [7, 11) is 0. The number of nitrogens with one attached hydrogen (secondary N) is 1. The van der Waals surface area contributed by atoms with Gasteiger partial charge in [0.2, 0.25) is 0 Å². The van der Waals surface area contributed by atoms with Gasteiger partial charge in [0.1, 0.15) is 6.61 Å². The second-order valence-corrected chi connectivity index (χ2v) is 3.60. The van der Waals surface area contributed by atoms with Gasteiger partial charge in [-0.25, -0.2) is 0 Å². The molecule has 0 aliphatic heterocycles. The Labute approximate surface area is 94.9 Å². The van der Waals surface area contributed by atoms with E-state index in [0.717, 1.165) is 25.8 Å². The third-order valence-corrected chi connectivity index (χ3v) is 2.04. The first-order chi connectivity index (χ1) is 7.49. The van der Waals surface area contributed by atoms with Crippen LogP contribution in [0.25, 0.3) is 0 Å². The summed E-state index contributed by atoms with van der Waals surface area (Å²) in [5.41, 5.74) is 0. The van der Waals surface area contributed by atoms with E-state index in [9.17, 15) is 13.2 Å². The Kier molecular flexibility index (Phi) is 8.29. The monoisotopic (exact) mass is 239 g/mol. The average molecular weight is 239 g/mol. The third kappa shape index (κ3) is 9.98. The first kappa shape index (κ1) is 15.4. The summed E-state index contributed by atoms with van der Waals surface area (Å²) in [6.07, 6.45) is 0.160. The highest BCUT2D eigenvalue weighted by molar-refractivity contribution is 4.71. The van der Waals surface area contributed by atoms with Crippen LogP contribution in [-0.2, 0) is 4.74 Å². The molecule has 0 heterocycles. The van der Waals surface area contributed by atoms with E-state index in [-0.39, 0.29) is 12.6 Å². The first-order valence-electron chi connectivity index (χ1n) is 5.48. The molecule has 1 N–H and O–H groups in total. The number of hydrogen-bond donors (Lipinski definition) is 1. The summed E-state index contributed by atoms with van der Waals surface area (Å²) in [6.45, 7) is 5.18. The van der Waals surface area contributed by atoms with Crippen LogP contribution in [0.2, 0.25) is 0 Å². The minimum atomic E-state index is -4.24. The average Bonchev–Trinajstić information content (AvgIpc) is 2.16. The number of rotatable bonds is 9. The Bertz CT molecular complexity index is 183.